The Balaban J connectivity index is 2.49. The fraction of sp³-hybridized carbons (Fsp3) is 0.350. The van der Waals surface area contributed by atoms with Gasteiger partial charge in [-0.3, -0.25) is 4.79 Å². The van der Waals surface area contributed by atoms with Crippen LogP contribution in [-0.2, 0) is 0 Å². The molecule has 0 heterocycles. The third-order valence-electron chi connectivity index (χ3n) is 4.56. The molecule has 0 aliphatic rings. The predicted molar refractivity (Wildman–Crippen MR) is 92.0 cm³/mol. The molecule has 2 aromatic rings. The predicted octanol–water partition coefficient (Wildman–Crippen LogP) is 6.52. The molecule has 0 aromatic heterocycles. The number of Topliss-reactive ketones (excluding diaryl/α,β-unsaturated/α-hetero) is 1. The second kappa shape index (κ2) is 8.43. The molecule has 0 bridgehead atoms. The van der Waals surface area contributed by atoms with Crippen molar-refractivity contribution in [3.05, 3.63) is 65.7 Å². The number of rotatable bonds is 8. The normalized spacial score (nSPS) is 14.3. The summed E-state index contributed by atoms with van der Waals surface area (Å²) in [6, 6.07) is 10.9. The fourth-order valence-electron chi connectivity index (χ4n) is 2.80. The first-order chi connectivity index (χ1) is 14.2. The van der Waals surface area contributed by atoms with Crippen LogP contribution in [0.1, 0.15) is 28.3 Å². The summed E-state index contributed by atoms with van der Waals surface area (Å²) in [6.45, 7) is 0. The molecule has 11 heteroatoms. The Morgan fingerprint density at radius 3 is 1.77 bits per heavy atom. The highest BCUT2D eigenvalue weighted by atomic mass is 19.4. The zero-order valence-electron chi connectivity index (χ0n) is 15.7. The van der Waals surface area contributed by atoms with E-state index in [1.54, 1.807) is 0 Å². The molecule has 2 nitrogen and oxygen atoms in total. The van der Waals surface area contributed by atoms with Gasteiger partial charge in [0.15, 0.2) is 5.78 Å². The van der Waals surface area contributed by atoms with Crippen molar-refractivity contribution < 1.29 is 49.0 Å². The SMILES string of the molecule is COc1ccc(C(=O)C(CC(F)(F)C(F)(F)C(F)(F)C(F)(F)F)c2ccccc2)cc1. The minimum absolute atomic E-state index is 0.253. The van der Waals surface area contributed by atoms with Crippen molar-refractivity contribution in [2.24, 2.45) is 0 Å². The van der Waals surface area contributed by atoms with Gasteiger partial charge in [0.25, 0.3) is 0 Å². The zero-order valence-corrected chi connectivity index (χ0v) is 15.7. The lowest BCUT2D eigenvalue weighted by Crippen LogP contribution is -2.61. The Morgan fingerprint density at radius 2 is 1.32 bits per heavy atom. The maximum atomic E-state index is 14.3. The first kappa shape index (κ1) is 24.5. The Hall–Kier alpha value is -2.72. The lowest BCUT2D eigenvalue weighted by molar-refractivity contribution is -0.396. The third-order valence-corrected chi connectivity index (χ3v) is 4.56. The number of hydrogen-bond acceptors (Lipinski definition) is 2. The van der Waals surface area contributed by atoms with Crippen LogP contribution in [0.2, 0.25) is 0 Å². The molecule has 0 aliphatic carbocycles. The van der Waals surface area contributed by atoms with Gasteiger partial charge in [-0.05, 0) is 29.8 Å². The monoisotopic (exact) mass is 458 g/mol. The van der Waals surface area contributed by atoms with E-state index < -0.39 is 42.1 Å². The molecule has 0 amide bonds. The van der Waals surface area contributed by atoms with E-state index in [4.69, 9.17) is 4.74 Å². The van der Waals surface area contributed by atoms with Crippen molar-refractivity contribution in [3.8, 4) is 5.75 Å². The maximum Gasteiger partial charge on any atom is 0.460 e. The molecule has 1 unspecified atom stereocenters. The molecular formula is C20H15F9O2. The van der Waals surface area contributed by atoms with Gasteiger partial charge in [-0.15, -0.1) is 0 Å². The number of ether oxygens (including phenoxy) is 1. The summed E-state index contributed by atoms with van der Waals surface area (Å²) in [5.74, 6) is -22.7. The smallest absolute Gasteiger partial charge is 0.460 e. The quantitative estimate of drug-likeness (QED) is 0.333. The van der Waals surface area contributed by atoms with Crippen LogP contribution in [-0.4, -0.2) is 36.8 Å². The van der Waals surface area contributed by atoms with E-state index >= 15 is 0 Å². The number of halogens is 9. The summed E-state index contributed by atoms with van der Waals surface area (Å²) in [5, 5.41) is 0. The molecule has 0 fully saturated rings. The van der Waals surface area contributed by atoms with Gasteiger partial charge in [0, 0.05) is 12.0 Å². The minimum Gasteiger partial charge on any atom is -0.497 e. The van der Waals surface area contributed by atoms with Gasteiger partial charge in [-0.1, -0.05) is 30.3 Å². The molecule has 1 atom stereocenters. The largest absolute Gasteiger partial charge is 0.497 e. The van der Waals surface area contributed by atoms with Crippen molar-refractivity contribution in [1.82, 2.24) is 0 Å². The molecule has 2 rings (SSSR count). The Morgan fingerprint density at radius 1 is 0.806 bits per heavy atom. The highest BCUT2D eigenvalue weighted by Crippen LogP contribution is 2.55. The lowest BCUT2D eigenvalue weighted by atomic mass is 9.83. The molecular weight excluding hydrogens is 443 g/mol. The van der Waals surface area contributed by atoms with E-state index in [1.807, 2.05) is 0 Å². The molecule has 31 heavy (non-hydrogen) atoms. The van der Waals surface area contributed by atoms with Gasteiger partial charge in [-0.2, -0.15) is 39.5 Å². The summed E-state index contributed by atoms with van der Waals surface area (Å²) >= 11 is 0. The average Bonchev–Trinajstić information content (AvgIpc) is 2.71. The number of carbonyl (C=O) groups is 1. The van der Waals surface area contributed by atoms with E-state index in [0.717, 1.165) is 24.3 Å². The van der Waals surface area contributed by atoms with Crippen LogP contribution in [0.25, 0.3) is 0 Å². The fourth-order valence-corrected chi connectivity index (χ4v) is 2.80. The Bertz CT molecular complexity index is 891. The number of ketones is 1. The first-order valence-corrected chi connectivity index (χ1v) is 8.59. The van der Waals surface area contributed by atoms with Gasteiger partial charge in [-0.25, -0.2) is 0 Å². The summed E-state index contributed by atoms with van der Waals surface area (Å²) in [6.07, 6.45) is -9.21. The van der Waals surface area contributed by atoms with Gasteiger partial charge < -0.3 is 4.74 Å². The van der Waals surface area contributed by atoms with Crippen molar-refractivity contribution in [1.29, 1.82) is 0 Å². The lowest BCUT2D eigenvalue weighted by Gasteiger charge is -2.35. The maximum absolute atomic E-state index is 14.3. The highest BCUT2D eigenvalue weighted by molar-refractivity contribution is 6.01. The van der Waals surface area contributed by atoms with Crippen LogP contribution >= 0.6 is 0 Å². The summed E-state index contributed by atoms with van der Waals surface area (Å²) in [4.78, 5) is 12.8. The van der Waals surface area contributed by atoms with Crippen LogP contribution in [0.4, 0.5) is 39.5 Å². The van der Waals surface area contributed by atoms with Crippen LogP contribution in [0, 0.1) is 0 Å². The topological polar surface area (TPSA) is 26.3 Å². The van der Waals surface area contributed by atoms with Crippen molar-refractivity contribution in [3.63, 3.8) is 0 Å². The number of carbonyl (C=O) groups excluding carboxylic acids is 1. The molecule has 170 valence electrons. The van der Waals surface area contributed by atoms with E-state index in [9.17, 15) is 44.3 Å². The van der Waals surface area contributed by atoms with E-state index in [-0.39, 0.29) is 16.9 Å². The van der Waals surface area contributed by atoms with Crippen molar-refractivity contribution >= 4 is 5.78 Å². The molecule has 0 radical (unpaired) electrons. The highest BCUT2D eigenvalue weighted by Gasteiger charge is 2.81. The third kappa shape index (κ3) is 4.64. The van der Waals surface area contributed by atoms with Crippen LogP contribution in [0.15, 0.2) is 54.6 Å². The minimum atomic E-state index is -7.02. The van der Waals surface area contributed by atoms with E-state index in [0.29, 0.717) is 0 Å². The number of hydrogen-bond donors (Lipinski definition) is 0. The van der Waals surface area contributed by atoms with E-state index in [2.05, 4.69) is 0 Å². The Kier molecular flexibility index (Phi) is 6.67. The second-order valence-corrected chi connectivity index (χ2v) is 6.61. The van der Waals surface area contributed by atoms with Gasteiger partial charge in [0.2, 0.25) is 0 Å². The summed E-state index contributed by atoms with van der Waals surface area (Å²) < 4.78 is 124. The average molecular weight is 458 g/mol. The van der Waals surface area contributed by atoms with Gasteiger partial charge in [0.1, 0.15) is 5.75 Å². The number of benzene rings is 2. The van der Waals surface area contributed by atoms with Crippen LogP contribution in [0.3, 0.4) is 0 Å². The molecule has 0 spiro atoms. The molecule has 0 N–H and O–H groups in total. The van der Waals surface area contributed by atoms with Gasteiger partial charge in [0.05, 0.1) is 13.0 Å². The van der Waals surface area contributed by atoms with Crippen molar-refractivity contribution in [2.45, 2.75) is 36.3 Å². The Labute approximate surface area is 170 Å². The standard InChI is InChI=1S/C20H15F9O2/c1-31-14-9-7-13(8-10-14)16(30)15(12-5-3-2-4-6-12)11-17(21,22)18(23,24)19(25,26)20(27,28)29/h2-10,15H,11H2,1H3. The molecule has 0 aliphatic heterocycles. The first-order valence-electron chi connectivity index (χ1n) is 8.59. The van der Waals surface area contributed by atoms with Crippen LogP contribution in [0.5, 0.6) is 5.75 Å². The zero-order chi connectivity index (χ0) is 23.7. The molecule has 0 saturated carbocycles. The number of alkyl halides is 9. The summed E-state index contributed by atoms with van der Waals surface area (Å²) in [7, 11) is 1.30. The van der Waals surface area contributed by atoms with Crippen LogP contribution < -0.4 is 4.74 Å². The molecule has 0 saturated heterocycles. The van der Waals surface area contributed by atoms with Crippen molar-refractivity contribution in [2.75, 3.05) is 7.11 Å². The number of methoxy groups -OCH3 is 1. The summed E-state index contributed by atoms with van der Waals surface area (Å²) in [5.41, 5.74) is -0.509. The van der Waals surface area contributed by atoms with Gasteiger partial charge >= 0.3 is 23.9 Å². The van der Waals surface area contributed by atoms with E-state index in [1.165, 1.54) is 37.4 Å². The second-order valence-electron chi connectivity index (χ2n) is 6.61. The molecule has 2 aromatic carbocycles.